The number of hydrogen-bond acceptors (Lipinski definition) is 4. The SMILES string of the molecule is CCC1CCCN(C(=O)Cc2c(C)nc(-c3cccnc3)[nH]c2=O)C1. The monoisotopic (exact) mass is 340 g/mol. The highest BCUT2D eigenvalue weighted by Gasteiger charge is 2.24. The predicted molar refractivity (Wildman–Crippen MR) is 96.1 cm³/mol. The predicted octanol–water partition coefficient (Wildman–Crippen LogP) is 2.33. The molecule has 1 unspecified atom stereocenters. The number of likely N-dealkylation sites (tertiary alicyclic amines) is 1. The van der Waals surface area contributed by atoms with Gasteiger partial charge in [-0.15, -0.1) is 0 Å². The number of nitrogens with zero attached hydrogens (tertiary/aromatic N) is 3. The van der Waals surface area contributed by atoms with Crippen LogP contribution < -0.4 is 5.56 Å². The first-order valence-corrected chi connectivity index (χ1v) is 8.86. The molecule has 0 radical (unpaired) electrons. The minimum Gasteiger partial charge on any atom is -0.342 e. The fraction of sp³-hybridized carbons (Fsp3) is 0.474. The van der Waals surface area contributed by atoms with Crippen molar-refractivity contribution in [1.29, 1.82) is 0 Å². The van der Waals surface area contributed by atoms with Gasteiger partial charge in [0.1, 0.15) is 5.82 Å². The van der Waals surface area contributed by atoms with Gasteiger partial charge in [-0.3, -0.25) is 14.6 Å². The minimum atomic E-state index is -0.247. The summed E-state index contributed by atoms with van der Waals surface area (Å²) in [5.74, 6) is 1.07. The van der Waals surface area contributed by atoms with Gasteiger partial charge in [0.15, 0.2) is 0 Å². The van der Waals surface area contributed by atoms with E-state index >= 15 is 0 Å². The summed E-state index contributed by atoms with van der Waals surface area (Å²) >= 11 is 0. The van der Waals surface area contributed by atoms with Crippen LogP contribution in [0.2, 0.25) is 0 Å². The number of H-pyrrole nitrogens is 1. The number of aryl methyl sites for hydroxylation is 1. The van der Waals surface area contributed by atoms with Gasteiger partial charge in [0.25, 0.3) is 5.56 Å². The number of rotatable bonds is 4. The van der Waals surface area contributed by atoms with E-state index in [4.69, 9.17) is 0 Å². The van der Waals surface area contributed by atoms with Crippen molar-refractivity contribution in [2.24, 2.45) is 5.92 Å². The second-order valence-electron chi connectivity index (χ2n) is 6.65. The van der Waals surface area contributed by atoms with Crippen LogP contribution in [0.15, 0.2) is 29.3 Å². The van der Waals surface area contributed by atoms with Crippen molar-refractivity contribution < 1.29 is 4.79 Å². The van der Waals surface area contributed by atoms with Gasteiger partial charge in [-0.2, -0.15) is 0 Å². The van der Waals surface area contributed by atoms with Crippen molar-refractivity contribution in [2.45, 2.75) is 39.5 Å². The Labute approximate surface area is 147 Å². The molecule has 1 aliphatic rings. The summed E-state index contributed by atoms with van der Waals surface area (Å²) in [6.45, 7) is 5.53. The van der Waals surface area contributed by atoms with Crippen LogP contribution in [0.3, 0.4) is 0 Å². The summed E-state index contributed by atoms with van der Waals surface area (Å²) in [5.41, 5.74) is 1.56. The third-order valence-electron chi connectivity index (χ3n) is 4.93. The highest BCUT2D eigenvalue weighted by atomic mass is 16.2. The molecule has 1 N–H and O–H groups in total. The van der Waals surface area contributed by atoms with E-state index in [9.17, 15) is 9.59 Å². The average molecular weight is 340 g/mol. The van der Waals surface area contributed by atoms with Crippen molar-refractivity contribution >= 4 is 5.91 Å². The first-order valence-electron chi connectivity index (χ1n) is 8.86. The zero-order valence-electron chi connectivity index (χ0n) is 14.8. The van der Waals surface area contributed by atoms with E-state index in [2.05, 4.69) is 21.9 Å². The standard InChI is InChI=1S/C19H24N4O2/c1-3-14-6-5-9-23(12-14)17(24)10-16-13(2)21-18(22-19(16)25)15-7-4-8-20-11-15/h4,7-8,11,14H,3,5-6,9-10,12H2,1-2H3,(H,21,22,25). The van der Waals surface area contributed by atoms with Crippen molar-refractivity contribution in [3.8, 4) is 11.4 Å². The van der Waals surface area contributed by atoms with Crippen LogP contribution in [0.4, 0.5) is 0 Å². The maximum absolute atomic E-state index is 12.6. The molecular formula is C19H24N4O2. The number of pyridine rings is 1. The van der Waals surface area contributed by atoms with Crippen LogP contribution >= 0.6 is 0 Å². The molecule has 1 aliphatic heterocycles. The van der Waals surface area contributed by atoms with Gasteiger partial charge in [-0.05, 0) is 37.8 Å². The van der Waals surface area contributed by atoms with Crippen molar-refractivity contribution in [3.63, 3.8) is 0 Å². The molecule has 0 saturated carbocycles. The zero-order chi connectivity index (χ0) is 17.8. The smallest absolute Gasteiger partial charge is 0.255 e. The van der Waals surface area contributed by atoms with Gasteiger partial charge >= 0.3 is 0 Å². The van der Waals surface area contributed by atoms with E-state index in [0.717, 1.165) is 31.5 Å². The van der Waals surface area contributed by atoms with Crippen LogP contribution in [-0.2, 0) is 11.2 Å². The van der Waals surface area contributed by atoms with Crippen molar-refractivity contribution in [3.05, 3.63) is 46.1 Å². The number of aromatic nitrogens is 3. The number of piperidine rings is 1. The number of carbonyl (C=O) groups is 1. The number of nitrogens with one attached hydrogen (secondary N) is 1. The lowest BCUT2D eigenvalue weighted by Gasteiger charge is -2.32. The second kappa shape index (κ2) is 7.59. The topological polar surface area (TPSA) is 79.0 Å². The number of carbonyl (C=O) groups excluding carboxylic acids is 1. The number of aromatic amines is 1. The van der Waals surface area contributed by atoms with E-state index < -0.39 is 0 Å². The molecule has 3 rings (SSSR count). The maximum atomic E-state index is 12.6. The fourth-order valence-electron chi connectivity index (χ4n) is 3.35. The van der Waals surface area contributed by atoms with Crippen LogP contribution in [-0.4, -0.2) is 38.8 Å². The largest absolute Gasteiger partial charge is 0.342 e. The normalized spacial score (nSPS) is 17.5. The van der Waals surface area contributed by atoms with Gasteiger partial charge in [-0.1, -0.05) is 13.3 Å². The lowest BCUT2D eigenvalue weighted by atomic mass is 9.95. The molecule has 0 aliphatic carbocycles. The summed E-state index contributed by atoms with van der Waals surface area (Å²) in [4.78, 5) is 38.3. The Kier molecular flexibility index (Phi) is 5.26. The van der Waals surface area contributed by atoms with E-state index in [-0.39, 0.29) is 17.9 Å². The van der Waals surface area contributed by atoms with Gasteiger partial charge < -0.3 is 9.88 Å². The van der Waals surface area contributed by atoms with Gasteiger partial charge in [0, 0.05) is 42.3 Å². The maximum Gasteiger partial charge on any atom is 0.255 e. The fourth-order valence-corrected chi connectivity index (χ4v) is 3.35. The quantitative estimate of drug-likeness (QED) is 0.926. The molecule has 6 heteroatoms. The molecule has 0 spiro atoms. The summed E-state index contributed by atoms with van der Waals surface area (Å²) < 4.78 is 0. The lowest BCUT2D eigenvalue weighted by molar-refractivity contribution is -0.132. The van der Waals surface area contributed by atoms with Gasteiger partial charge in [0.2, 0.25) is 5.91 Å². The van der Waals surface area contributed by atoms with E-state index in [1.165, 1.54) is 6.42 Å². The molecule has 0 bridgehead atoms. The van der Waals surface area contributed by atoms with Crippen LogP contribution in [0.25, 0.3) is 11.4 Å². The molecule has 2 aromatic heterocycles. The lowest BCUT2D eigenvalue weighted by Crippen LogP contribution is -2.41. The molecule has 1 saturated heterocycles. The van der Waals surface area contributed by atoms with Crippen LogP contribution in [0.5, 0.6) is 0 Å². The van der Waals surface area contributed by atoms with Crippen LogP contribution in [0.1, 0.15) is 37.4 Å². The molecule has 6 nitrogen and oxygen atoms in total. The Morgan fingerprint density at radius 1 is 1.44 bits per heavy atom. The third-order valence-corrected chi connectivity index (χ3v) is 4.93. The van der Waals surface area contributed by atoms with Crippen molar-refractivity contribution in [2.75, 3.05) is 13.1 Å². The Morgan fingerprint density at radius 3 is 2.96 bits per heavy atom. The highest BCUT2D eigenvalue weighted by Crippen LogP contribution is 2.20. The van der Waals surface area contributed by atoms with Gasteiger partial charge in [0.05, 0.1) is 6.42 Å². The van der Waals surface area contributed by atoms with Crippen LogP contribution in [0, 0.1) is 12.8 Å². The summed E-state index contributed by atoms with van der Waals surface area (Å²) in [7, 11) is 0. The van der Waals surface area contributed by atoms with Crippen molar-refractivity contribution in [1.82, 2.24) is 19.9 Å². The first kappa shape index (κ1) is 17.3. The van der Waals surface area contributed by atoms with E-state index in [1.807, 2.05) is 11.0 Å². The zero-order valence-corrected chi connectivity index (χ0v) is 14.8. The molecule has 0 aromatic carbocycles. The van der Waals surface area contributed by atoms with Gasteiger partial charge in [-0.25, -0.2) is 4.98 Å². The average Bonchev–Trinajstić information content (AvgIpc) is 2.65. The van der Waals surface area contributed by atoms with E-state index in [0.29, 0.717) is 23.0 Å². The Hall–Kier alpha value is -2.50. The summed E-state index contributed by atoms with van der Waals surface area (Å²) in [5, 5.41) is 0. The molecular weight excluding hydrogens is 316 g/mol. The highest BCUT2D eigenvalue weighted by molar-refractivity contribution is 5.79. The summed E-state index contributed by atoms with van der Waals surface area (Å²) in [6, 6.07) is 3.64. The molecule has 3 heterocycles. The van der Waals surface area contributed by atoms with E-state index in [1.54, 1.807) is 25.4 Å². The number of amides is 1. The minimum absolute atomic E-state index is 0.0164. The Bertz CT molecular complexity index is 801. The first-order chi connectivity index (χ1) is 12.1. The third kappa shape index (κ3) is 3.95. The molecule has 1 amide bonds. The molecule has 1 atom stereocenters. The molecule has 132 valence electrons. The molecule has 2 aromatic rings. The second-order valence-corrected chi connectivity index (χ2v) is 6.65. The summed E-state index contributed by atoms with van der Waals surface area (Å²) in [6.07, 6.45) is 6.74. The molecule has 1 fully saturated rings. The Balaban J connectivity index is 1.79. The molecule has 25 heavy (non-hydrogen) atoms. The Morgan fingerprint density at radius 2 is 2.28 bits per heavy atom. The number of hydrogen-bond donors (Lipinski definition) is 1.